The van der Waals surface area contributed by atoms with Crippen LogP contribution in [0.3, 0.4) is 0 Å². The third-order valence-corrected chi connectivity index (χ3v) is 4.45. The Balaban J connectivity index is 1.57. The molecule has 0 saturated heterocycles. The Labute approximate surface area is 158 Å². The highest BCUT2D eigenvalue weighted by molar-refractivity contribution is 5.85. The first kappa shape index (κ1) is 18.8. The molecular formula is C21H24N2O4. The zero-order chi connectivity index (χ0) is 18.9. The fourth-order valence-electron chi connectivity index (χ4n) is 3.12. The van der Waals surface area contributed by atoms with E-state index in [1.807, 2.05) is 36.4 Å². The highest BCUT2D eigenvalue weighted by atomic mass is 16.6. The number of anilines is 2. The molecule has 0 aromatic heterocycles. The zero-order valence-corrected chi connectivity index (χ0v) is 15.1. The van der Waals surface area contributed by atoms with E-state index in [0.29, 0.717) is 24.2 Å². The standard InChI is InChI=1S/C21H24N2O4/c24-20(22-16-10-4-1-5-11-16)26-18-14-8-3-9-15-19(18)27-21(25)23-17-12-6-2-7-13-17/h1-2,4-7,10-13,18-19H,3,8-9,14-15H2,(H,22,24)(H,23,25)/t18-,19-/m1/s1. The predicted molar refractivity (Wildman–Crippen MR) is 104 cm³/mol. The maximum absolute atomic E-state index is 12.2. The lowest BCUT2D eigenvalue weighted by atomic mass is 10.1. The lowest BCUT2D eigenvalue weighted by molar-refractivity contribution is -0.00356. The van der Waals surface area contributed by atoms with Gasteiger partial charge in [0.15, 0.2) is 0 Å². The molecule has 6 heteroatoms. The summed E-state index contributed by atoms with van der Waals surface area (Å²) in [6, 6.07) is 18.2. The molecule has 2 aromatic carbocycles. The van der Waals surface area contributed by atoms with Crippen molar-refractivity contribution < 1.29 is 19.1 Å². The molecule has 2 N–H and O–H groups in total. The summed E-state index contributed by atoms with van der Waals surface area (Å²) in [5, 5.41) is 5.41. The maximum atomic E-state index is 12.2. The average molecular weight is 368 g/mol. The van der Waals surface area contributed by atoms with Gasteiger partial charge in [-0.15, -0.1) is 0 Å². The van der Waals surface area contributed by atoms with Gasteiger partial charge in [0, 0.05) is 11.4 Å². The topological polar surface area (TPSA) is 76.7 Å². The highest BCUT2D eigenvalue weighted by Gasteiger charge is 2.30. The first-order valence-corrected chi connectivity index (χ1v) is 9.26. The summed E-state index contributed by atoms with van der Waals surface area (Å²) in [5.41, 5.74) is 1.32. The zero-order valence-electron chi connectivity index (χ0n) is 15.1. The number of carbonyl (C=O) groups excluding carboxylic acids is 2. The number of nitrogens with one attached hydrogen (secondary N) is 2. The van der Waals surface area contributed by atoms with Gasteiger partial charge in [-0.3, -0.25) is 10.6 Å². The van der Waals surface area contributed by atoms with Crippen LogP contribution in [0.5, 0.6) is 0 Å². The lowest BCUT2D eigenvalue weighted by Gasteiger charge is -2.25. The Morgan fingerprint density at radius 1 is 0.667 bits per heavy atom. The molecule has 0 radical (unpaired) electrons. The Hall–Kier alpha value is -3.02. The van der Waals surface area contributed by atoms with E-state index in [1.165, 1.54) is 0 Å². The number of rotatable bonds is 4. The summed E-state index contributed by atoms with van der Waals surface area (Å²) in [5.74, 6) is 0. The number of ether oxygens (including phenoxy) is 2. The second kappa shape index (κ2) is 9.62. The van der Waals surface area contributed by atoms with Crippen LogP contribution >= 0.6 is 0 Å². The van der Waals surface area contributed by atoms with E-state index in [-0.39, 0.29) is 0 Å². The van der Waals surface area contributed by atoms with Gasteiger partial charge in [-0.25, -0.2) is 9.59 Å². The highest BCUT2D eigenvalue weighted by Crippen LogP contribution is 2.24. The van der Waals surface area contributed by atoms with Crippen molar-refractivity contribution in [2.75, 3.05) is 10.6 Å². The number of benzene rings is 2. The largest absolute Gasteiger partial charge is 0.442 e. The number of carbonyl (C=O) groups is 2. The second-order valence-corrected chi connectivity index (χ2v) is 6.51. The molecule has 2 amide bonds. The lowest BCUT2D eigenvalue weighted by Crippen LogP contribution is -2.36. The van der Waals surface area contributed by atoms with Crippen molar-refractivity contribution in [3.05, 3.63) is 60.7 Å². The van der Waals surface area contributed by atoms with Crippen LogP contribution in [0.2, 0.25) is 0 Å². The minimum atomic E-state index is -0.537. The quantitative estimate of drug-likeness (QED) is 0.729. The summed E-state index contributed by atoms with van der Waals surface area (Å²) in [4.78, 5) is 24.5. The van der Waals surface area contributed by atoms with Gasteiger partial charge in [0.2, 0.25) is 0 Å². The van der Waals surface area contributed by atoms with Crippen molar-refractivity contribution in [3.8, 4) is 0 Å². The third-order valence-electron chi connectivity index (χ3n) is 4.45. The number of hydrogen-bond acceptors (Lipinski definition) is 4. The monoisotopic (exact) mass is 368 g/mol. The summed E-state index contributed by atoms with van der Waals surface area (Å²) in [6.07, 6.45) is 2.25. The van der Waals surface area contributed by atoms with Gasteiger partial charge in [0.1, 0.15) is 12.2 Å². The SMILES string of the molecule is O=C(Nc1ccccc1)O[C@@H]1CCCCC[C@H]1OC(=O)Nc1ccccc1. The summed E-state index contributed by atoms with van der Waals surface area (Å²) >= 11 is 0. The molecular weight excluding hydrogens is 344 g/mol. The van der Waals surface area contributed by atoms with Gasteiger partial charge in [-0.05, 0) is 49.9 Å². The van der Waals surface area contributed by atoms with Crippen molar-refractivity contribution in [1.82, 2.24) is 0 Å². The molecule has 2 aromatic rings. The van der Waals surface area contributed by atoms with Crippen molar-refractivity contribution in [1.29, 1.82) is 0 Å². The smallest absolute Gasteiger partial charge is 0.412 e. The second-order valence-electron chi connectivity index (χ2n) is 6.51. The molecule has 1 fully saturated rings. The maximum Gasteiger partial charge on any atom is 0.412 e. The van der Waals surface area contributed by atoms with Crippen LogP contribution in [0.15, 0.2) is 60.7 Å². The predicted octanol–water partition coefficient (Wildman–Crippen LogP) is 5.19. The van der Waals surface area contributed by atoms with E-state index in [4.69, 9.17) is 9.47 Å². The molecule has 1 aliphatic carbocycles. The molecule has 1 saturated carbocycles. The molecule has 0 heterocycles. The van der Waals surface area contributed by atoms with Crippen molar-refractivity contribution in [2.45, 2.75) is 44.3 Å². The number of para-hydroxylation sites is 2. The molecule has 6 nitrogen and oxygen atoms in total. The Kier molecular flexibility index (Phi) is 6.68. The number of hydrogen-bond donors (Lipinski definition) is 2. The Morgan fingerprint density at radius 2 is 1.07 bits per heavy atom. The average Bonchev–Trinajstić information content (AvgIpc) is 2.88. The van der Waals surface area contributed by atoms with Crippen LogP contribution in [0.4, 0.5) is 21.0 Å². The minimum Gasteiger partial charge on any atom is -0.442 e. The molecule has 142 valence electrons. The van der Waals surface area contributed by atoms with Crippen LogP contribution in [0.25, 0.3) is 0 Å². The first-order chi connectivity index (χ1) is 13.2. The molecule has 0 spiro atoms. The molecule has 27 heavy (non-hydrogen) atoms. The van der Waals surface area contributed by atoms with Crippen LogP contribution < -0.4 is 10.6 Å². The van der Waals surface area contributed by atoms with Crippen molar-refractivity contribution >= 4 is 23.6 Å². The number of amides is 2. The van der Waals surface area contributed by atoms with E-state index in [1.54, 1.807) is 24.3 Å². The molecule has 3 rings (SSSR count). The van der Waals surface area contributed by atoms with Gasteiger partial charge < -0.3 is 9.47 Å². The van der Waals surface area contributed by atoms with E-state index < -0.39 is 24.4 Å². The molecule has 0 aliphatic heterocycles. The molecule has 2 atom stereocenters. The molecule has 0 unspecified atom stereocenters. The van der Waals surface area contributed by atoms with Gasteiger partial charge in [-0.1, -0.05) is 42.8 Å². The molecule has 1 aliphatic rings. The van der Waals surface area contributed by atoms with E-state index >= 15 is 0 Å². The minimum absolute atomic E-state index is 0.460. The van der Waals surface area contributed by atoms with Crippen LogP contribution in [0.1, 0.15) is 32.1 Å². The van der Waals surface area contributed by atoms with Crippen molar-refractivity contribution in [3.63, 3.8) is 0 Å². The van der Waals surface area contributed by atoms with Crippen LogP contribution in [0, 0.1) is 0 Å². The fourth-order valence-corrected chi connectivity index (χ4v) is 3.12. The van der Waals surface area contributed by atoms with E-state index in [0.717, 1.165) is 19.3 Å². The van der Waals surface area contributed by atoms with Gasteiger partial charge in [0.05, 0.1) is 0 Å². The molecule has 0 bridgehead atoms. The summed E-state index contributed by atoms with van der Waals surface area (Å²) < 4.78 is 11.2. The summed E-state index contributed by atoms with van der Waals surface area (Å²) in [6.45, 7) is 0. The Morgan fingerprint density at radius 3 is 1.48 bits per heavy atom. The van der Waals surface area contributed by atoms with Gasteiger partial charge in [-0.2, -0.15) is 0 Å². The van der Waals surface area contributed by atoms with Crippen molar-refractivity contribution in [2.24, 2.45) is 0 Å². The van der Waals surface area contributed by atoms with E-state index in [9.17, 15) is 9.59 Å². The van der Waals surface area contributed by atoms with Gasteiger partial charge in [0.25, 0.3) is 0 Å². The first-order valence-electron chi connectivity index (χ1n) is 9.26. The van der Waals surface area contributed by atoms with Crippen LogP contribution in [-0.2, 0) is 9.47 Å². The Bertz CT molecular complexity index is 673. The van der Waals surface area contributed by atoms with Gasteiger partial charge >= 0.3 is 12.2 Å². The third kappa shape index (κ3) is 6.02. The normalized spacial score (nSPS) is 19.4. The fraction of sp³-hybridized carbons (Fsp3) is 0.333. The van der Waals surface area contributed by atoms with Crippen LogP contribution in [-0.4, -0.2) is 24.4 Å². The summed E-state index contributed by atoms with van der Waals surface area (Å²) in [7, 11) is 0. The van der Waals surface area contributed by atoms with E-state index in [2.05, 4.69) is 10.6 Å².